The van der Waals surface area contributed by atoms with Gasteiger partial charge in [-0.05, 0) is 43.5 Å². The molecule has 30 heavy (non-hydrogen) atoms. The molecule has 2 aliphatic heterocycles. The summed E-state index contributed by atoms with van der Waals surface area (Å²) in [7, 11) is 1.62. The Hall–Kier alpha value is -2.58. The van der Waals surface area contributed by atoms with Gasteiger partial charge in [0.2, 0.25) is 5.91 Å². The molecule has 0 saturated carbocycles. The van der Waals surface area contributed by atoms with Crippen LogP contribution in [-0.2, 0) is 4.79 Å². The van der Waals surface area contributed by atoms with Crippen LogP contribution in [0.4, 0.5) is 0 Å². The molecule has 2 fully saturated rings. The van der Waals surface area contributed by atoms with Crippen LogP contribution in [0, 0.1) is 6.92 Å². The summed E-state index contributed by atoms with van der Waals surface area (Å²) in [6.45, 7) is 5.14. The molecular formula is C21H28ClN5O3. The lowest BCUT2D eigenvalue weighted by atomic mass is 10.0. The van der Waals surface area contributed by atoms with E-state index in [4.69, 9.17) is 4.74 Å². The smallest absolute Gasteiger partial charge is 0.274 e. The third-order valence-electron chi connectivity index (χ3n) is 5.64. The molecule has 1 aromatic carbocycles. The predicted molar refractivity (Wildman–Crippen MR) is 116 cm³/mol. The average Bonchev–Trinajstić information content (AvgIpc) is 3.24. The van der Waals surface area contributed by atoms with E-state index in [1.54, 1.807) is 24.1 Å². The first kappa shape index (κ1) is 22.1. The van der Waals surface area contributed by atoms with Crippen LogP contribution in [0.5, 0.6) is 5.75 Å². The molecule has 2 saturated heterocycles. The van der Waals surface area contributed by atoms with Gasteiger partial charge in [-0.15, -0.1) is 12.4 Å². The van der Waals surface area contributed by atoms with Crippen LogP contribution in [-0.4, -0.2) is 77.3 Å². The molecule has 9 heteroatoms. The first-order valence-electron chi connectivity index (χ1n) is 10.1. The van der Waals surface area contributed by atoms with Gasteiger partial charge in [0, 0.05) is 38.4 Å². The van der Waals surface area contributed by atoms with Crippen molar-refractivity contribution in [3.63, 3.8) is 0 Å². The average molecular weight is 434 g/mol. The standard InChI is InChI=1S/C21H27N5O3.ClH/c1-15-5-6-19(29-2)18(12-15)26-10-7-17(23-26)21(28)24-9-3-4-16(14-24)25-11-8-22-13-20(25)27;/h5-7,10,12,16,22H,3-4,8-9,11,13-14H2,1-2H3;1H. The fourth-order valence-corrected chi connectivity index (χ4v) is 4.11. The number of nitrogens with zero attached hydrogens (tertiary/aromatic N) is 4. The summed E-state index contributed by atoms with van der Waals surface area (Å²) in [6.07, 6.45) is 3.61. The molecule has 0 aliphatic carbocycles. The normalized spacial score (nSPS) is 19.4. The van der Waals surface area contributed by atoms with Crippen molar-refractivity contribution in [3.05, 3.63) is 41.7 Å². The number of nitrogens with one attached hydrogen (secondary N) is 1. The Labute approximate surface area is 182 Å². The summed E-state index contributed by atoms with van der Waals surface area (Å²) in [5.41, 5.74) is 2.29. The largest absolute Gasteiger partial charge is 0.494 e. The Morgan fingerprint density at radius 2 is 2.10 bits per heavy atom. The number of likely N-dealkylation sites (tertiary alicyclic amines) is 1. The van der Waals surface area contributed by atoms with Crippen molar-refractivity contribution in [2.24, 2.45) is 0 Å². The van der Waals surface area contributed by atoms with E-state index in [0.29, 0.717) is 37.6 Å². The zero-order chi connectivity index (χ0) is 20.4. The number of aryl methyl sites for hydroxylation is 1. The Bertz CT molecular complexity index is 916. The molecule has 4 rings (SSSR count). The molecule has 1 unspecified atom stereocenters. The van der Waals surface area contributed by atoms with Gasteiger partial charge in [0.25, 0.3) is 5.91 Å². The maximum atomic E-state index is 13.1. The van der Waals surface area contributed by atoms with E-state index in [0.717, 1.165) is 30.6 Å². The van der Waals surface area contributed by atoms with Gasteiger partial charge in [-0.2, -0.15) is 5.10 Å². The van der Waals surface area contributed by atoms with E-state index >= 15 is 0 Å². The third kappa shape index (κ3) is 4.44. The van der Waals surface area contributed by atoms with Gasteiger partial charge in [-0.3, -0.25) is 9.59 Å². The number of amides is 2. The van der Waals surface area contributed by atoms with E-state index in [-0.39, 0.29) is 30.3 Å². The monoisotopic (exact) mass is 433 g/mol. The van der Waals surface area contributed by atoms with Crippen LogP contribution in [0.25, 0.3) is 5.69 Å². The second-order valence-electron chi connectivity index (χ2n) is 7.63. The number of ether oxygens (including phenoxy) is 1. The van der Waals surface area contributed by atoms with Crippen molar-refractivity contribution in [1.82, 2.24) is 24.9 Å². The number of benzene rings is 1. The molecule has 2 aromatic rings. The van der Waals surface area contributed by atoms with E-state index < -0.39 is 0 Å². The van der Waals surface area contributed by atoms with Crippen LogP contribution < -0.4 is 10.1 Å². The maximum absolute atomic E-state index is 13.1. The molecule has 1 aromatic heterocycles. The van der Waals surface area contributed by atoms with E-state index in [2.05, 4.69) is 10.4 Å². The van der Waals surface area contributed by atoms with Crippen LogP contribution in [0.1, 0.15) is 28.9 Å². The highest BCUT2D eigenvalue weighted by atomic mass is 35.5. The highest BCUT2D eigenvalue weighted by molar-refractivity contribution is 5.92. The number of aromatic nitrogens is 2. The lowest BCUT2D eigenvalue weighted by molar-refractivity contribution is -0.135. The fourth-order valence-electron chi connectivity index (χ4n) is 4.11. The molecule has 3 heterocycles. The second kappa shape index (κ2) is 9.49. The summed E-state index contributed by atoms with van der Waals surface area (Å²) in [4.78, 5) is 29.0. The van der Waals surface area contributed by atoms with Gasteiger partial charge in [-0.1, -0.05) is 6.07 Å². The number of piperidine rings is 1. The first-order chi connectivity index (χ1) is 14.1. The van der Waals surface area contributed by atoms with Crippen molar-refractivity contribution in [1.29, 1.82) is 0 Å². The van der Waals surface area contributed by atoms with Crippen LogP contribution in [0.15, 0.2) is 30.5 Å². The number of hydrogen-bond acceptors (Lipinski definition) is 5. The number of carbonyl (C=O) groups is 2. The van der Waals surface area contributed by atoms with Gasteiger partial charge in [-0.25, -0.2) is 4.68 Å². The molecule has 2 amide bonds. The van der Waals surface area contributed by atoms with E-state index in [1.807, 2.05) is 34.9 Å². The number of piperazine rings is 1. The van der Waals surface area contributed by atoms with E-state index in [1.165, 1.54) is 0 Å². The van der Waals surface area contributed by atoms with Crippen LogP contribution >= 0.6 is 12.4 Å². The van der Waals surface area contributed by atoms with Gasteiger partial charge >= 0.3 is 0 Å². The van der Waals surface area contributed by atoms with E-state index in [9.17, 15) is 9.59 Å². The summed E-state index contributed by atoms with van der Waals surface area (Å²) < 4.78 is 7.11. The number of halogens is 1. The zero-order valence-corrected chi connectivity index (χ0v) is 18.2. The number of rotatable bonds is 4. The topological polar surface area (TPSA) is 79.7 Å². The molecule has 1 atom stereocenters. The minimum Gasteiger partial charge on any atom is -0.494 e. The minimum absolute atomic E-state index is 0. The SMILES string of the molecule is COc1ccc(C)cc1-n1ccc(C(=O)N2CCCC(N3CCNCC3=O)C2)n1.Cl. The summed E-state index contributed by atoms with van der Waals surface area (Å²) in [5, 5.41) is 7.61. The lowest BCUT2D eigenvalue weighted by Crippen LogP contribution is -2.57. The molecule has 162 valence electrons. The highest BCUT2D eigenvalue weighted by Gasteiger charge is 2.32. The molecule has 0 bridgehead atoms. The summed E-state index contributed by atoms with van der Waals surface area (Å²) in [5.74, 6) is 0.724. The third-order valence-corrected chi connectivity index (χ3v) is 5.64. The Morgan fingerprint density at radius 1 is 1.27 bits per heavy atom. The predicted octanol–water partition coefficient (Wildman–Crippen LogP) is 1.65. The number of carbonyl (C=O) groups excluding carboxylic acids is 2. The zero-order valence-electron chi connectivity index (χ0n) is 17.3. The van der Waals surface area contributed by atoms with Crippen molar-refractivity contribution >= 4 is 24.2 Å². The second-order valence-corrected chi connectivity index (χ2v) is 7.63. The quantitative estimate of drug-likeness (QED) is 0.793. The maximum Gasteiger partial charge on any atom is 0.274 e. The van der Waals surface area contributed by atoms with Crippen molar-refractivity contribution in [3.8, 4) is 11.4 Å². The van der Waals surface area contributed by atoms with Crippen molar-refractivity contribution < 1.29 is 14.3 Å². The van der Waals surface area contributed by atoms with Crippen LogP contribution in [0.3, 0.4) is 0 Å². The van der Waals surface area contributed by atoms with Crippen molar-refractivity contribution in [2.45, 2.75) is 25.8 Å². The molecule has 2 aliphatic rings. The number of methoxy groups -OCH3 is 1. The molecule has 0 radical (unpaired) electrons. The highest BCUT2D eigenvalue weighted by Crippen LogP contribution is 2.24. The number of hydrogen-bond donors (Lipinski definition) is 1. The van der Waals surface area contributed by atoms with Crippen LogP contribution in [0.2, 0.25) is 0 Å². The Morgan fingerprint density at radius 3 is 2.87 bits per heavy atom. The van der Waals surface area contributed by atoms with Crippen molar-refractivity contribution in [2.75, 3.05) is 39.8 Å². The molecule has 1 N–H and O–H groups in total. The Balaban J connectivity index is 0.00000256. The van der Waals surface area contributed by atoms with Gasteiger partial charge in [0.15, 0.2) is 5.69 Å². The Kier molecular flexibility index (Phi) is 6.99. The summed E-state index contributed by atoms with van der Waals surface area (Å²) >= 11 is 0. The molecular weight excluding hydrogens is 406 g/mol. The van der Waals surface area contributed by atoms with Gasteiger partial charge in [0.1, 0.15) is 11.4 Å². The molecule has 0 spiro atoms. The lowest BCUT2D eigenvalue weighted by Gasteiger charge is -2.40. The summed E-state index contributed by atoms with van der Waals surface area (Å²) in [6, 6.07) is 7.68. The first-order valence-corrected chi connectivity index (χ1v) is 10.1. The minimum atomic E-state index is -0.0948. The molecule has 8 nitrogen and oxygen atoms in total. The van der Waals surface area contributed by atoms with Gasteiger partial charge < -0.3 is 19.9 Å². The van der Waals surface area contributed by atoms with Gasteiger partial charge in [0.05, 0.1) is 13.7 Å². The fraction of sp³-hybridized carbons (Fsp3) is 0.476.